The third kappa shape index (κ3) is 6.21. The lowest BCUT2D eigenvalue weighted by Gasteiger charge is -2.13. The summed E-state index contributed by atoms with van der Waals surface area (Å²) < 4.78 is 41.9. The van der Waals surface area contributed by atoms with Crippen LogP contribution in [0.5, 0.6) is 5.88 Å². The lowest BCUT2D eigenvalue weighted by Crippen LogP contribution is -2.25. The van der Waals surface area contributed by atoms with Gasteiger partial charge in [0.15, 0.2) is 6.61 Å². The van der Waals surface area contributed by atoms with Gasteiger partial charge in [0.2, 0.25) is 5.88 Å². The van der Waals surface area contributed by atoms with Gasteiger partial charge in [0.25, 0.3) is 5.91 Å². The fourth-order valence-electron chi connectivity index (χ4n) is 2.35. The summed E-state index contributed by atoms with van der Waals surface area (Å²) in [5.74, 6) is -0.572. The highest BCUT2D eigenvalue weighted by atomic mass is 32.2. The maximum atomic E-state index is 12.7. The van der Waals surface area contributed by atoms with Crippen molar-refractivity contribution in [1.82, 2.24) is 15.3 Å². The molecule has 0 unspecified atom stereocenters. The summed E-state index contributed by atoms with van der Waals surface area (Å²) in [5.41, 5.74) is 0.703. The van der Waals surface area contributed by atoms with E-state index >= 15 is 0 Å². The molecule has 0 bridgehead atoms. The number of amides is 1. The zero-order chi connectivity index (χ0) is 20.7. The number of hydrogen-bond acceptors (Lipinski definition) is 5. The first kappa shape index (κ1) is 20.7. The average Bonchev–Trinajstić information content (AvgIpc) is 2.71. The van der Waals surface area contributed by atoms with Gasteiger partial charge in [-0.25, -0.2) is 9.97 Å². The predicted octanol–water partition coefficient (Wildman–Crippen LogP) is 4.50. The number of nitrogens with one attached hydrogen (secondary N) is 1. The quantitative estimate of drug-likeness (QED) is 0.611. The molecule has 3 rings (SSSR count). The minimum absolute atomic E-state index is 0.0375. The maximum absolute atomic E-state index is 12.7. The second kappa shape index (κ2) is 9.42. The monoisotopic (exact) mass is 419 g/mol. The van der Waals surface area contributed by atoms with E-state index in [1.54, 1.807) is 30.5 Å². The predicted molar refractivity (Wildman–Crippen MR) is 102 cm³/mol. The van der Waals surface area contributed by atoms with Crippen LogP contribution < -0.4 is 10.1 Å². The number of nitrogens with zero attached hydrogens (tertiary/aromatic N) is 2. The maximum Gasteiger partial charge on any atom is 0.422 e. The minimum Gasteiger partial charge on any atom is -0.468 e. The summed E-state index contributed by atoms with van der Waals surface area (Å²) >= 11 is 1.34. The number of carbonyl (C=O) groups is 1. The summed E-state index contributed by atoms with van der Waals surface area (Å²) in [4.78, 5) is 21.7. The van der Waals surface area contributed by atoms with Crippen molar-refractivity contribution in [3.63, 3.8) is 0 Å². The molecule has 9 heteroatoms. The van der Waals surface area contributed by atoms with E-state index in [4.69, 9.17) is 4.74 Å². The zero-order valence-electron chi connectivity index (χ0n) is 15.0. The molecule has 5 nitrogen and oxygen atoms in total. The van der Waals surface area contributed by atoms with E-state index < -0.39 is 18.7 Å². The molecule has 29 heavy (non-hydrogen) atoms. The summed E-state index contributed by atoms with van der Waals surface area (Å²) in [6.45, 7) is -1.49. The Hall–Kier alpha value is -3.07. The number of benzene rings is 1. The van der Waals surface area contributed by atoms with Crippen LogP contribution in [0.4, 0.5) is 13.2 Å². The highest BCUT2D eigenvalue weighted by molar-refractivity contribution is 7.99. The van der Waals surface area contributed by atoms with E-state index in [0.717, 1.165) is 4.90 Å². The molecular formula is C20H16F3N3O2S. The van der Waals surface area contributed by atoms with Gasteiger partial charge in [-0.1, -0.05) is 36.0 Å². The van der Waals surface area contributed by atoms with Crippen LogP contribution in [0.15, 0.2) is 76.9 Å². The number of aromatic nitrogens is 2. The topological polar surface area (TPSA) is 64.1 Å². The molecule has 1 N–H and O–H groups in total. The van der Waals surface area contributed by atoms with Crippen LogP contribution in [0.25, 0.3) is 0 Å². The normalized spacial score (nSPS) is 11.1. The molecule has 0 aliphatic rings. The van der Waals surface area contributed by atoms with Crippen molar-refractivity contribution in [1.29, 1.82) is 0 Å². The fraction of sp³-hybridized carbons (Fsp3) is 0.150. The van der Waals surface area contributed by atoms with Crippen molar-refractivity contribution >= 4 is 17.7 Å². The number of carbonyl (C=O) groups excluding carboxylic acids is 1. The molecule has 0 spiro atoms. The Morgan fingerprint density at radius 2 is 1.72 bits per heavy atom. The van der Waals surface area contributed by atoms with Gasteiger partial charge in [-0.15, -0.1) is 0 Å². The van der Waals surface area contributed by atoms with E-state index in [2.05, 4.69) is 15.3 Å². The summed E-state index contributed by atoms with van der Waals surface area (Å²) in [5, 5.41) is 3.21. The van der Waals surface area contributed by atoms with Crippen LogP contribution in [0.3, 0.4) is 0 Å². The second-order valence-electron chi connectivity index (χ2n) is 5.83. The van der Waals surface area contributed by atoms with Gasteiger partial charge in [0.05, 0.1) is 5.56 Å². The lowest BCUT2D eigenvalue weighted by molar-refractivity contribution is -0.154. The Balaban J connectivity index is 1.69. The molecule has 0 aliphatic carbocycles. The Bertz CT molecular complexity index is 968. The van der Waals surface area contributed by atoms with Crippen LogP contribution in [0.2, 0.25) is 0 Å². The smallest absolute Gasteiger partial charge is 0.422 e. The number of pyridine rings is 2. The molecule has 2 heterocycles. The van der Waals surface area contributed by atoms with Crippen LogP contribution >= 0.6 is 11.8 Å². The molecule has 1 amide bonds. The molecule has 0 aliphatic heterocycles. The Morgan fingerprint density at radius 1 is 1.00 bits per heavy atom. The third-order valence-corrected chi connectivity index (χ3v) is 4.66. The molecule has 0 saturated heterocycles. The SMILES string of the molecule is O=C(NCc1cccnc1OCC(F)(F)F)c1cccnc1Sc1ccccc1. The number of hydrogen-bond donors (Lipinski definition) is 1. The van der Waals surface area contributed by atoms with Gasteiger partial charge in [-0.05, 0) is 30.3 Å². The van der Waals surface area contributed by atoms with Crippen LogP contribution in [-0.2, 0) is 6.54 Å². The average molecular weight is 419 g/mol. The zero-order valence-corrected chi connectivity index (χ0v) is 15.8. The van der Waals surface area contributed by atoms with Gasteiger partial charge < -0.3 is 10.1 Å². The molecular weight excluding hydrogens is 403 g/mol. The highest BCUT2D eigenvalue weighted by Crippen LogP contribution is 2.28. The molecule has 0 atom stereocenters. The molecule has 0 fully saturated rings. The van der Waals surface area contributed by atoms with Crippen molar-refractivity contribution in [2.24, 2.45) is 0 Å². The van der Waals surface area contributed by atoms with Crippen molar-refractivity contribution in [2.75, 3.05) is 6.61 Å². The highest BCUT2D eigenvalue weighted by Gasteiger charge is 2.29. The van der Waals surface area contributed by atoms with Gasteiger partial charge in [-0.2, -0.15) is 13.2 Å². The first-order chi connectivity index (χ1) is 13.9. The van der Waals surface area contributed by atoms with Gasteiger partial charge >= 0.3 is 6.18 Å². The molecule has 150 valence electrons. The Labute approximate surface area is 169 Å². The summed E-state index contributed by atoms with van der Waals surface area (Å²) in [7, 11) is 0. The molecule has 1 aromatic carbocycles. The van der Waals surface area contributed by atoms with Crippen molar-refractivity contribution in [2.45, 2.75) is 22.6 Å². The van der Waals surface area contributed by atoms with Gasteiger partial charge in [-0.3, -0.25) is 4.79 Å². The standard InChI is InChI=1S/C20H16F3N3O2S/c21-20(22,23)13-28-18-14(6-4-10-24-18)12-26-17(27)16-9-5-11-25-19(16)29-15-7-2-1-3-8-15/h1-11H,12-13H2,(H,26,27). The van der Waals surface area contributed by atoms with Crippen LogP contribution in [0, 0.1) is 0 Å². The number of rotatable bonds is 7. The van der Waals surface area contributed by atoms with Crippen LogP contribution in [-0.4, -0.2) is 28.7 Å². The summed E-state index contributed by atoms with van der Waals surface area (Å²) in [6, 6.07) is 15.9. The number of ether oxygens (including phenoxy) is 1. The van der Waals surface area contributed by atoms with Crippen molar-refractivity contribution < 1.29 is 22.7 Å². The molecule has 3 aromatic rings. The second-order valence-corrected chi connectivity index (χ2v) is 6.89. The number of alkyl halides is 3. The summed E-state index contributed by atoms with van der Waals surface area (Å²) in [6.07, 6.45) is -1.56. The van der Waals surface area contributed by atoms with E-state index in [1.165, 1.54) is 18.0 Å². The minimum atomic E-state index is -4.47. The third-order valence-electron chi connectivity index (χ3n) is 3.64. The number of halogens is 3. The van der Waals surface area contributed by atoms with E-state index in [0.29, 0.717) is 16.2 Å². The lowest BCUT2D eigenvalue weighted by atomic mass is 10.2. The Kier molecular flexibility index (Phi) is 6.71. The van der Waals surface area contributed by atoms with E-state index in [-0.39, 0.29) is 12.4 Å². The Morgan fingerprint density at radius 3 is 2.48 bits per heavy atom. The molecule has 2 aromatic heterocycles. The molecule has 0 saturated carbocycles. The van der Waals surface area contributed by atoms with Crippen molar-refractivity contribution in [3.05, 3.63) is 78.1 Å². The van der Waals surface area contributed by atoms with Crippen LogP contribution in [0.1, 0.15) is 15.9 Å². The van der Waals surface area contributed by atoms with Crippen molar-refractivity contribution in [3.8, 4) is 5.88 Å². The van der Waals surface area contributed by atoms with Gasteiger partial charge in [0, 0.05) is 29.4 Å². The van der Waals surface area contributed by atoms with Gasteiger partial charge in [0.1, 0.15) is 5.03 Å². The largest absolute Gasteiger partial charge is 0.468 e. The molecule has 0 radical (unpaired) electrons. The first-order valence-electron chi connectivity index (χ1n) is 8.52. The van der Waals surface area contributed by atoms with E-state index in [1.807, 2.05) is 30.3 Å². The van der Waals surface area contributed by atoms with E-state index in [9.17, 15) is 18.0 Å². The fourth-order valence-corrected chi connectivity index (χ4v) is 3.26. The first-order valence-corrected chi connectivity index (χ1v) is 9.33.